The molecule has 0 spiro atoms. The summed E-state index contributed by atoms with van der Waals surface area (Å²) >= 11 is 5.18. The summed E-state index contributed by atoms with van der Waals surface area (Å²) in [6.45, 7) is 3.12. The average Bonchev–Trinajstić information content (AvgIpc) is 2.69. The molecule has 5 heteroatoms. The van der Waals surface area contributed by atoms with Crippen molar-refractivity contribution in [1.29, 1.82) is 0 Å². The Morgan fingerprint density at radius 2 is 2.22 bits per heavy atom. The monoisotopic (exact) mass is 260 g/mol. The van der Waals surface area contributed by atoms with E-state index in [1.54, 1.807) is 0 Å². The highest BCUT2D eigenvalue weighted by atomic mass is 32.1. The normalized spacial score (nSPS) is 14.7. The van der Waals surface area contributed by atoms with E-state index in [1.807, 2.05) is 11.6 Å². The second-order valence-corrected chi connectivity index (χ2v) is 5.16. The van der Waals surface area contributed by atoms with E-state index < -0.39 is 0 Å². The Bertz CT molecular complexity index is 641. The summed E-state index contributed by atoms with van der Waals surface area (Å²) in [5.41, 5.74) is 3.96. The largest absolute Gasteiger partial charge is 0.310 e. The second kappa shape index (κ2) is 4.24. The number of aryl methyl sites for hydroxylation is 2. The zero-order valence-corrected chi connectivity index (χ0v) is 11.4. The first-order valence-electron chi connectivity index (χ1n) is 6.15. The van der Waals surface area contributed by atoms with Crippen LogP contribution in [0.5, 0.6) is 0 Å². The van der Waals surface area contributed by atoms with E-state index in [-0.39, 0.29) is 0 Å². The number of H-pyrrole nitrogens is 1. The van der Waals surface area contributed by atoms with Gasteiger partial charge in [0.05, 0.1) is 0 Å². The molecule has 0 atom stereocenters. The molecule has 0 unspecified atom stereocenters. The van der Waals surface area contributed by atoms with Gasteiger partial charge in [-0.1, -0.05) is 17.7 Å². The Balaban J connectivity index is 2.11. The highest BCUT2D eigenvalue weighted by molar-refractivity contribution is 7.71. The molecule has 0 fully saturated rings. The third-order valence-electron chi connectivity index (χ3n) is 3.45. The van der Waals surface area contributed by atoms with Crippen LogP contribution >= 0.6 is 12.2 Å². The Kier molecular flexibility index (Phi) is 2.70. The minimum atomic E-state index is 0.657. The van der Waals surface area contributed by atoms with Gasteiger partial charge in [0.2, 0.25) is 5.95 Å². The van der Waals surface area contributed by atoms with E-state index in [2.05, 4.69) is 40.2 Å². The molecule has 1 aliphatic heterocycles. The van der Waals surface area contributed by atoms with E-state index in [1.165, 1.54) is 16.8 Å². The first-order valence-corrected chi connectivity index (χ1v) is 6.56. The SMILES string of the molecule is Cc1ccc2c(c1)CCCN2c1n[nH]c(=S)n1C. The van der Waals surface area contributed by atoms with Crippen LogP contribution in [0.3, 0.4) is 0 Å². The van der Waals surface area contributed by atoms with Crippen LogP contribution in [0.2, 0.25) is 0 Å². The van der Waals surface area contributed by atoms with Crippen molar-refractivity contribution in [3.8, 4) is 0 Å². The van der Waals surface area contributed by atoms with Gasteiger partial charge in [-0.2, -0.15) is 0 Å². The van der Waals surface area contributed by atoms with Crippen molar-refractivity contribution in [1.82, 2.24) is 14.8 Å². The minimum absolute atomic E-state index is 0.657. The molecule has 0 saturated heterocycles. The van der Waals surface area contributed by atoms with E-state index in [9.17, 15) is 0 Å². The van der Waals surface area contributed by atoms with Gasteiger partial charge in [-0.15, -0.1) is 5.10 Å². The predicted molar refractivity (Wildman–Crippen MR) is 74.9 cm³/mol. The molecule has 2 aromatic rings. The van der Waals surface area contributed by atoms with Crippen molar-refractivity contribution < 1.29 is 0 Å². The zero-order valence-electron chi connectivity index (χ0n) is 10.6. The molecule has 1 N–H and O–H groups in total. The summed E-state index contributed by atoms with van der Waals surface area (Å²) in [6, 6.07) is 6.60. The molecule has 18 heavy (non-hydrogen) atoms. The molecule has 1 aromatic carbocycles. The summed E-state index contributed by atoms with van der Waals surface area (Å²) in [7, 11) is 1.95. The molecule has 4 nitrogen and oxygen atoms in total. The van der Waals surface area contributed by atoms with Crippen molar-refractivity contribution in [2.75, 3.05) is 11.4 Å². The number of fused-ring (bicyclic) bond motifs is 1. The van der Waals surface area contributed by atoms with Crippen molar-refractivity contribution in [3.63, 3.8) is 0 Å². The molecule has 94 valence electrons. The molecular weight excluding hydrogens is 244 g/mol. The summed E-state index contributed by atoms with van der Waals surface area (Å²) < 4.78 is 2.58. The molecule has 1 aromatic heterocycles. The van der Waals surface area contributed by atoms with Crippen molar-refractivity contribution >= 4 is 23.9 Å². The molecule has 0 amide bonds. The third kappa shape index (κ3) is 1.75. The standard InChI is InChI=1S/C13H16N4S/c1-9-5-6-11-10(8-9)4-3-7-17(11)12-14-15-13(18)16(12)2/h5-6,8H,3-4,7H2,1-2H3,(H,15,18). The number of hydrogen-bond acceptors (Lipinski definition) is 3. The minimum Gasteiger partial charge on any atom is -0.310 e. The summed E-state index contributed by atoms with van der Waals surface area (Å²) in [5.74, 6) is 0.893. The highest BCUT2D eigenvalue weighted by Crippen LogP contribution is 2.32. The second-order valence-electron chi connectivity index (χ2n) is 4.78. The Hall–Kier alpha value is -1.62. The van der Waals surface area contributed by atoms with Crippen LogP contribution in [-0.4, -0.2) is 21.3 Å². The fraction of sp³-hybridized carbons (Fsp3) is 0.385. The summed E-state index contributed by atoms with van der Waals surface area (Å²) in [5, 5.41) is 7.18. The van der Waals surface area contributed by atoms with Crippen molar-refractivity contribution in [2.24, 2.45) is 7.05 Å². The lowest BCUT2D eigenvalue weighted by atomic mass is 10.00. The lowest BCUT2D eigenvalue weighted by Gasteiger charge is -2.30. The maximum absolute atomic E-state index is 5.18. The van der Waals surface area contributed by atoms with Gasteiger partial charge in [-0.3, -0.25) is 4.57 Å². The maximum Gasteiger partial charge on any atom is 0.229 e. The molecule has 0 radical (unpaired) electrons. The van der Waals surface area contributed by atoms with Gasteiger partial charge in [-0.25, -0.2) is 5.10 Å². The zero-order chi connectivity index (χ0) is 12.7. The number of nitrogens with zero attached hydrogens (tertiary/aromatic N) is 3. The fourth-order valence-corrected chi connectivity index (χ4v) is 2.64. The number of anilines is 2. The number of aromatic amines is 1. The van der Waals surface area contributed by atoms with Crippen LogP contribution in [0.15, 0.2) is 18.2 Å². The van der Waals surface area contributed by atoms with E-state index in [0.717, 1.165) is 25.3 Å². The van der Waals surface area contributed by atoms with Gasteiger partial charge in [-0.05, 0) is 43.6 Å². The lowest BCUT2D eigenvalue weighted by Crippen LogP contribution is -2.27. The molecular formula is C13H16N4S. The number of nitrogens with one attached hydrogen (secondary N) is 1. The average molecular weight is 260 g/mol. The van der Waals surface area contributed by atoms with E-state index in [0.29, 0.717) is 4.77 Å². The maximum atomic E-state index is 5.18. The molecule has 0 bridgehead atoms. The van der Waals surface area contributed by atoms with Gasteiger partial charge in [0.25, 0.3) is 0 Å². The number of rotatable bonds is 1. The van der Waals surface area contributed by atoms with Crippen molar-refractivity contribution in [3.05, 3.63) is 34.1 Å². The quantitative estimate of drug-likeness (QED) is 0.801. The molecule has 0 saturated carbocycles. The summed E-state index contributed by atoms with van der Waals surface area (Å²) in [4.78, 5) is 2.24. The van der Waals surface area contributed by atoms with Crippen LogP contribution in [0.1, 0.15) is 17.5 Å². The topological polar surface area (TPSA) is 36.9 Å². The van der Waals surface area contributed by atoms with Crippen LogP contribution in [-0.2, 0) is 13.5 Å². The molecule has 0 aliphatic carbocycles. The van der Waals surface area contributed by atoms with Crippen molar-refractivity contribution in [2.45, 2.75) is 19.8 Å². The molecule has 2 heterocycles. The summed E-state index contributed by atoms with van der Waals surface area (Å²) in [6.07, 6.45) is 2.29. The van der Waals surface area contributed by atoms with Gasteiger partial charge < -0.3 is 4.90 Å². The highest BCUT2D eigenvalue weighted by Gasteiger charge is 2.21. The van der Waals surface area contributed by atoms with Crippen LogP contribution in [0, 0.1) is 11.7 Å². The fourth-order valence-electron chi connectivity index (χ4n) is 2.51. The van der Waals surface area contributed by atoms with Crippen LogP contribution in [0.4, 0.5) is 11.6 Å². The number of hydrogen-bond donors (Lipinski definition) is 1. The predicted octanol–water partition coefficient (Wildman–Crippen LogP) is 2.87. The van der Waals surface area contributed by atoms with Gasteiger partial charge >= 0.3 is 0 Å². The number of benzene rings is 1. The first-order chi connectivity index (χ1) is 8.66. The Morgan fingerprint density at radius 3 is 2.94 bits per heavy atom. The molecule has 3 rings (SSSR count). The van der Waals surface area contributed by atoms with E-state index in [4.69, 9.17) is 12.2 Å². The molecule has 1 aliphatic rings. The van der Waals surface area contributed by atoms with Gasteiger partial charge in [0.1, 0.15) is 0 Å². The van der Waals surface area contributed by atoms with E-state index >= 15 is 0 Å². The third-order valence-corrected chi connectivity index (χ3v) is 3.82. The van der Waals surface area contributed by atoms with Crippen LogP contribution in [0.25, 0.3) is 0 Å². The number of aromatic nitrogens is 3. The smallest absolute Gasteiger partial charge is 0.229 e. The Labute approximate surface area is 111 Å². The van der Waals surface area contributed by atoms with Crippen LogP contribution < -0.4 is 4.90 Å². The first kappa shape index (κ1) is 11.5. The van der Waals surface area contributed by atoms with Gasteiger partial charge in [0.15, 0.2) is 4.77 Å². The van der Waals surface area contributed by atoms with Gasteiger partial charge in [0, 0.05) is 19.3 Å². The lowest BCUT2D eigenvalue weighted by molar-refractivity contribution is 0.730. The Morgan fingerprint density at radius 1 is 1.39 bits per heavy atom.